The van der Waals surface area contributed by atoms with Crippen molar-refractivity contribution in [2.24, 2.45) is 28.7 Å². The van der Waals surface area contributed by atoms with Crippen LogP contribution in [0.15, 0.2) is 30.3 Å². The third-order valence-electron chi connectivity index (χ3n) is 8.46. The third kappa shape index (κ3) is 5.93. The number of hydrogen-bond acceptors (Lipinski definition) is 5. The standard InChI is InChI=1S/C25H40BN3O3.2ClH/c1-24(2)18-14-21(24)25(3)22(15-18)31-26(32-25)16-19(13-17-9-5-4-6-10-17)29-23(30)20(28)11-7-8-12-27;;/h4-6,9-10,18-22H,7-8,11-16,27-28H2,1-3H3,(H,29,30);2*1H/t18?,19-,20+,21?,22?,25-;;/m1../s1. The SMILES string of the molecule is CC1(C)C2CC3OB(C[C@@H](Cc4ccccc4)NC(=O)[C@@H](N)CCCCN)O[C@]3(C)C1C2.Cl.Cl. The van der Waals surface area contributed by atoms with E-state index in [0.717, 1.165) is 31.6 Å². The van der Waals surface area contributed by atoms with E-state index < -0.39 is 6.04 Å². The maximum absolute atomic E-state index is 12.8. The minimum absolute atomic E-state index is 0. The quantitative estimate of drug-likeness (QED) is 0.327. The molecule has 6 nitrogen and oxygen atoms in total. The van der Waals surface area contributed by atoms with E-state index in [1.165, 1.54) is 12.0 Å². The smallest absolute Gasteiger partial charge is 0.405 e. The molecule has 3 unspecified atom stereocenters. The van der Waals surface area contributed by atoms with Crippen molar-refractivity contribution in [3.8, 4) is 0 Å². The molecule has 34 heavy (non-hydrogen) atoms. The van der Waals surface area contributed by atoms with Gasteiger partial charge in [-0.2, -0.15) is 0 Å². The molecule has 3 saturated carbocycles. The van der Waals surface area contributed by atoms with Crippen molar-refractivity contribution in [2.45, 2.75) is 89.4 Å². The summed E-state index contributed by atoms with van der Waals surface area (Å²) in [5.74, 6) is 1.15. The zero-order chi connectivity index (χ0) is 22.9. The summed E-state index contributed by atoms with van der Waals surface area (Å²) in [4.78, 5) is 12.8. The average molecular weight is 514 g/mol. The molecule has 3 aliphatic carbocycles. The van der Waals surface area contributed by atoms with Crippen molar-refractivity contribution in [3.63, 3.8) is 0 Å². The second-order valence-corrected chi connectivity index (χ2v) is 10.9. The topological polar surface area (TPSA) is 99.6 Å². The molecule has 9 heteroatoms. The van der Waals surface area contributed by atoms with Crippen LogP contribution < -0.4 is 16.8 Å². The van der Waals surface area contributed by atoms with Crippen LogP contribution in [0.5, 0.6) is 0 Å². The molecule has 5 rings (SSSR count). The Labute approximate surface area is 217 Å². The van der Waals surface area contributed by atoms with E-state index in [1.54, 1.807) is 0 Å². The van der Waals surface area contributed by atoms with Crippen molar-refractivity contribution in [1.29, 1.82) is 0 Å². The molecule has 1 amide bonds. The fraction of sp³-hybridized carbons (Fsp3) is 0.720. The molecule has 0 radical (unpaired) electrons. The van der Waals surface area contributed by atoms with Crippen molar-refractivity contribution < 1.29 is 14.1 Å². The Morgan fingerprint density at radius 2 is 1.88 bits per heavy atom. The largest absolute Gasteiger partial charge is 0.459 e. The summed E-state index contributed by atoms with van der Waals surface area (Å²) in [7, 11) is -0.303. The minimum Gasteiger partial charge on any atom is -0.405 e. The molecule has 1 aromatic carbocycles. The van der Waals surface area contributed by atoms with Gasteiger partial charge >= 0.3 is 7.12 Å². The summed E-state index contributed by atoms with van der Waals surface area (Å²) in [6, 6.07) is 9.64. The summed E-state index contributed by atoms with van der Waals surface area (Å²) in [6.45, 7) is 7.60. The fourth-order valence-corrected chi connectivity index (χ4v) is 6.32. The predicted molar refractivity (Wildman–Crippen MR) is 142 cm³/mol. The summed E-state index contributed by atoms with van der Waals surface area (Å²) < 4.78 is 13.0. The highest BCUT2D eigenvalue weighted by Gasteiger charge is 2.67. The number of carbonyl (C=O) groups is 1. The Morgan fingerprint density at radius 3 is 2.53 bits per heavy atom. The van der Waals surface area contributed by atoms with Crippen molar-refractivity contribution in [3.05, 3.63) is 35.9 Å². The van der Waals surface area contributed by atoms with E-state index in [9.17, 15) is 4.79 Å². The lowest BCUT2D eigenvalue weighted by Crippen LogP contribution is -2.65. The fourth-order valence-electron chi connectivity index (χ4n) is 6.32. The summed E-state index contributed by atoms with van der Waals surface area (Å²) in [6.07, 6.45) is 6.20. The van der Waals surface area contributed by atoms with Crippen LogP contribution in [-0.2, 0) is 20.5 Å². The summed E-state index contributed by atoms with van der Waals surface area (Å²) >= 11 is 0. The average Bonchev–Trinajstić information content (AvgIpc) is 3.09. The van der Waals surface area contributed by atoms with Gasteiger partial charge in [0.25, 0.3) is 0 Å². The first-order valence-corrected chi connectivity index (χ1v) is 12.4. The highest BCUT2D eigenvalue weighted by Crippen LogP contribution is 2.65. The number of hydrogen-bond donors (Lipinski definition) is 3. The minimum atomic E-state index is -0.515. The Bertz CT molecular complexity index is 803. The molecule has 0 aromatic heterocycles. The molecule has 192 valence electrons. The lowest BCUT2D eigenvalue weighted by molar-refractivity contribution is -0.199. The lowest BCUT2D eigenvalue weighted by atomic mass is 9.43. The van der Waals surface area contributed by atoms with Crippen LogP contribution in [0.4, 0.5) is 0 Å². The molecule has 0 spiro atoms. The van der Waals surface area contributed by atoms with E-state index in [0.29, 0.717) is 30.6 Å². The van der Waals surface area contributed by atoms with Gasteiger partial charge in [0.2, 0.25) is 5.91 Å². The van der Waals surface area contributed by atoms with Crippen LogP contribution in [-0.4, -0.2) is 43.4 Å². The van der Waals surface area contributed by atoms with Crippen LogP contribution in [0, 0.1) is 17.3 Å². The molecular formula is C25H42BCl2N3O3. The molecular weight excluding hydrogens is 472 g/mol. The van der Waals surface area contributed by atoms with Crippen LogP contribution in [0.1, 0.15) is 58.4 Å². The van der Waals surface area contributed by atoms with Gasteiger partial charge in [0, 0.05) is 12.4 Å². The van der Waals surface area contributed by atoms with Gasteiger partial charge in [-0.25, -0.2) is 0 Å². The number of carbonyl (C=O) groups excluding carboxylic acids is 1. The van der Waals surface area contributed by atoms with Gasteiger partial charge in [-0.15, -0.1) is 24.8 Å². The van der Waals surface area contributed by atoms with Gasteiger partial charge in [-0.05, 0) is 68.4 Å². The Kier molecular flexibility index (Phi) is 10.3. The zero-order valence-corrected chi connectivity index (χ0v) is 22.3. The van der Waals surface area contributed by atoms with Gasteiger partial charge in [-0.3, -0.25) is 4.79 Å². The summed E-state index contributed by atoms with van der Waals surface area (Å²) in [5, 5.41) is 3.20. The second-order valence-electron chi connectivity index (χ2n) is 10.9. The van der Waals surface area contributed by atoms with E-state index in [4.69, 9.17) is 20.8 Å². The first kappa shape index (κ1) is 29.4. The van der Waals surface area contributed by atoms with Crippen molar-refractivity contribution in [2.75, 3.05) is 6.54 Å². The van der Waals surface area contributed by atoms with Crippen LogP contribution in [0.25, 0.3) is 0 Å². The van der Waals surface area contributed by atoms with Crippen LogP contribution in [0.3, 0.4) is 0 Å². The number of halogens is 2. The molecule has 1 heterocycles. The van der Waals surface area contributed by atoms with E-state index >= 15 is 0 Å². The Hall–Kier alpha value is -0.825. The zero-order valence-electron chi connectivity index (χ0n) is 20.7. The number of benzene rings is 1. The van der Waals surface area contributed by atoms with Gasteiger partial charge < -0.3 is 26.1 Å². The normalized spacial score (nSPS) is 30.1. The molecule has 4 aliphatic rings. The number of nitrogens with two attached hydrogens (primary N) is 2. The van der Waals surface area contributed by atoms with Crippen molar-refractivity contribution >= 4 is 37.8 Å². The van der Waals surface area contributed by atoms with Gasteiger partial charge in [-0.1, -0.05) is 50.6 Å². The molecule has 1 aromatic rings. The maximum Gasteiger partial charge on any atom is 0.459 e. The number of amides is 1. The maximum atomic E-state index is 12.8. The molecule has 6 atom stereocenters. The van der Waals surface area contributed by atoms with Gasteiger partial charge in [0.15, 0.2) is 0 Å². The highest BCUT2D eigenvalue weighted by atomic mass is 35.5. The Morgan fingerprint density at radius 1 is 1.18 bits per heavy atom. The van der Waals surface area contributed by atoms with E-state index in [-0.39, 0.29) is 55.6 Å². The highest BCUT2D eigenvalue weighted by molar-refractivity contribution is 6.45. The number of nitrogens with one attached hydrogen (secondary N) is 1. The summed E-state index contributed by atoms with van der Waals surface area (Å²) in [5.41, 5.74) is 13.0. The van der Waals surface area contributed by atoms with E-state index in [2.05, 4.69) is 38.2 Å². The third-order valence-corrected chi connectivity index (χ3v) is 8.46. The predicted octanol–water partition coefficient (Wildman–Crippen LogP) is 3.74. The number of rotatable bonds is 10. The van der Waals surface area contributed by atoms with E-state index in [1.807, 2.05) is 18.2 Å². The lowest BCUT2D eigenvalue weighted by Gasteiger charge is -2.64. The number of unbranched alkanes of at least 4 members (excludes halogenated alkanes) is 1. The Balaban J connectivity index is 0.00000204. The molecule has 5 N–H and O–H groups in total. The first-order chi connectivity index (χ1) is 15.2. The van der Waals surface area contributed by atoms with Crippen molar-refractivity contribution in [1.82, 2.24) is 5.32 Å². The molecule has 2 bridgehead atoms. The molecule has 1 aliphatic heterocycles. The second kappa shape index (κ2) is 11.9. The van der Waals surface area contributed by atoms with Crippen LogP contribution >= 0.6 is 24.8 Å². The van der Waals surface area contributed by atoms with Gasteiger partial charge in [0.1, 0.15) is 0 Å². The van der Waals surface area contributed by atoms with Gasteiger partial charge in [0.05, 0.1) is 17.7 Å². The molecule has 4 fully saturated rings. The monoisotopic (exact) mass is 513 g/mol. The molecule has 1 saturated heterocycles. The first-order valence-electron chi connectivity index (χ1n) is 12.4. The van der Waals surface area contributed by atoms with Crippen LogP contribution in [0.2, 0.25) is 6.32 Å².